The normalized spacial score (nSPS) is 13.1. The molecule has 0 radical (unpaired) electrons. The number of rotatable bonds is 5. The predicted octanol–water partition coefficient (Wildman–Crippen LogP) is 2.59. The van der Waals surface area contributed by atoms with Crippen molar-refractivity contribution in [3.63, 3.8) is 0 Å². The van der Waals surface area contributed by atoms with Crippen LogP contribution in [0.15, 0.2) is 30.3 Å². The van der Waals surface area contributed by atoms with Gasteiger partial charge in [0.05, 0.1) is 6.61 Å². The maximum absolute atomic E-state index is 11.0. The molecule has 1 rings (SSSR count). The van der Waals surface area contributed by atoms with E-state index >= 15 is 0 Å². The Labute approximate surface area is 120 Å². The van der Waals surface area contributed by atoms with Gasteiger partial charge in [0.1, 0.15) is 0 Å². The first-order valence-corrected chi connectivity index (χ1v) is 8.49. The van der Waals surface area contributed by atoms with Gasteiger partial charge in [0.15, 0.2) is 0 Å². The van der Waals surface area contributed by atoms with Crippen LogP contribution in [0.2, 0.25) is 0 Å². The molecule has 0 bridgehead atoms. The quantitative estimate of drug-likeness (QED) is 0.647. The summed E-state index contributed by atoms with van der Waals surface area (Å²) >= 11 is 0. The molecule has 2 N–H and O–H groups in total. The number of carbonyl (C=O) groups excluding carboxylic acids is 1. The number of hydrogen-bond donors (Lipinski definition) is 2. The van der Waals surface area contributed by atoms with E-state index in [2.05, 4.69) is 28.9 Å². The van der Waals surface area contributed by atoms with E-state index in [0.29, 0.717) is 0 Å². The maximum Gasteiger partial charge on any atom is 0.325 e. The van der Waals surface area contributed by atoms with E-state index in [0.717, 1.165) is 6.66 Å². The second-order valence-electron chi connectivity index (χ2n) is 4.74. The van der Waals surface area contributed by atoms with Crippen molar-refractivity contribution < 1.29 is 18.8 Å². The largest absolute Gasteiger partial charge is 0.354 e. The molecule has 6 heteroatoms. The third-order valence-electron chi connectivity index (χ3n) is 2.20. The summed E-state index contributed by atoms with van der Waals surface area (Å²) in [5.74, 6) is -0.171. The van der Waals surface area contributed by atoms with Gasteiger partial charge in [-0.3, -0.25) is 9.36 Å². The van der Waals surface area contributed by atoms with Gasteiger partial charge in [0.25, 0.3) is 0 Å². The molecule has 20 heavy (non-hydrogen) atoms. The standard InChI is InChI=1S/C7H16NO4P.C7H8/c1-6(2)7(9)8-4-5-12-13(3,10)11;1-7-5-3-2-4-6-7/h6H,4-5H2,1-3H3,(H,8,9)(H,10,11);2-6H,1H3. The Morgan fingerprint density at radius 2 is 1.90 bits per heavy atom. The molecule has 1 aromatic rings. The van der Waals surface area contributed by atoms with Crippen LogP contribution in [0.1, 0.15) is 19.4 Å². The van der Waals surface area contributed by atoms with E-state index in [1.807, 2.05) is 18.2 Å². The molecule has 0 fully saturated rings. The summed E-state index contributed by atoms with van der Waals surface area (Å²) in [6, 6.07) is 10.3. The van der Waals surface area contributed by atoms with Gasteiger partial charge in [-0.1, -0.05) is 49.7 Å². The lowest BCUT2D eigenvalue weighted by molar-refractivity contribution is -0.124. The average molecular weight is 301 g/mol. The van der Waals surface area contributed by atoms with Gasteiger partial charge < -0.3 is 14.7 Å². The van der Waals surface area contributed by atoms with Gasteiger partial charge in [-0.2, -0.15) is 0 Å². The zero-order valence-corrected chi connectivity index (χ0v) is 13.4. The van der Waals surface area contributed by atoms with Crippen molar-refractivity contribution in [1.82, 2.24) is 5.32 Å². The van der Waals surface area contributed by atoms with E-state index < -0.39 is 7.60 Å². The van der Waals surface area contributed by atoms with Gasteiger partial charge in [0, 0.05) is 19.1 Å². The van der Waals surface area contributed by atoms with Gasteiger partial charge in [0.2, 0.25) is 5.91 Å². The summed E-state index contributed by atoms with van der Waals surface area (Å²) in [6.07, 6.45) is 0. The maximum atomic E-state index is 11.0. The highest BCUT2D eigenvalue weighted by atomic mass is 31.2. The summed E-state index contributed by atoms with van der Waals surface area (Å²) in [4.78, 5) is 19.7. The van der Waals surface area contributed by atoms with E-state index in [4.69, 9.17) is 4.89 Å². The zero-order chi connectivity index (χ0) is 15.6. The van der Waals surface area contributed by atoms with E-state index in [1.54, 1.807) is 13.8 Å². The Kier molecular flexibility index (Phi) is 9.14. The van der Waals surface area contributed by atoms with Gasteiger partial charge >= 0.3 is 7.60 Å². The fourth-order valence-corrected chi connectivity index (χ4v) is 1.56. The minimum Gasteiger partial charge on any atom is -0.354 e. The SMILES string of the molecule is CC(C)C(=O)NCCOP(C)(=O)O.Cc1ccccc1. The highest BCUT2D eigenvalue weighted by Gasteiger charge is 2.10. The Morgan fingerprint density at radius 3 is 2.25 bits per heavy atom. The van der Waals surface area contributed by atoms with Crippen molar-refractivity contribution in [2.75, 3.05) is 19.8 Å². The molecule has 0 aliphatic rings. The number of hydrogen-bond acceptors (Lipinski definition) is 3. The fraction of sp³-hybridized carbons (Fsp3) is 0.500. The smallest absolute Gasteiger partial charge is 0.325 e. The lowest BCUT2D eigenvalue weighted by atomic mass is 10.2. The average Bonchev–Trinajstić information content (AvgIpc) is 2.35. The zero-order valence-electron chi connectivity index (χ0n) is 12.5. The van der Waals surface area contributed by atoms with Crippen LogP contribution in [-0.4, -0.2) is 30.6 Å². The Balaban J connectivity index is 0.000000428. The summed E-state index contributed by atoms with van der Waals surface area (Å²) in [5, 5.41) is 2.56. The van der Waals surface area contributed by atoms with Crippen molar-refractivity contribution in [1.29, 1.82) is 0 Å². The molecular weight excluding hydrogens is 277 g/mol. The van der Waals surface area contributed by atoms with Crippen molar-refractivity contribution in [3.8, 4) is 0 Å². The minimum atomic E-state index is -3.40. The number of amides is 1. The molecule has 0 aliphatic carbocycles. The molecule has 0 heterocycles. The van der Waals surface area contributed by atoms with Crippen LogP contribution in [0.5, 0.6) is 0 Å². The fourth-order valence-electron chi connectivity index (χ4n) is 1.13. The van der Waals surface area contributed by atoms with Gasteiger partial charge in [-0.25, -0.2) is 0 Å². The van der Waals surface area contributed by atoms with Crippen LogP contribution in [0.4, 0.5) is 0 Å². The van der Waals surface area contributed by atoms with Crippen LogP contribution in [0.3, 0.4) is 0 Å². The molecular formula is C14H24NO4P. The van der Waals surface area contributed by atoms with Crippen LogP contribution in [0.25, 0.3) is 0 Å². The van der Waals surface area contributed by atoms with Crippen molar-refractivity contribution in [2.45, 2.75) is 20.8 Å². The molecule has 1 atom stereocenters. The molecule has 0 aliphatic heterocycles. The number of nitrogens with one attached hydrogen (secondary N) is 1. The Hall–Kier alpha value is -1.16. The lowest BCUT2D eigenvalue weighted by Gasteiger charge is -2.09. The van der Waals surface area contributed by atoms with E-state index in [1.165, 1.54) is 5.56 Å². The first kappa shape index (κ1) is 18.8. The molecule has 0 saturated carbocycles. The van der Waals surface area contributed by atoms with Gasteiger partial charge in [-0.05, 0) is 6.92 Å². The molecule has 1 aromatic carbocycles. The number of aryl methyl sites for hydroxylation is 1. The molecule has 114 valence electrons. The van der Waals surface area contributed by atoms with E-state index in [-0.39, 0.29) is 25.0 Å². The van der Waals surface area contributed by atoms with Crippen LogP contribution in [-0.2, 0) is 13.9 Å². The molecule has 1 unspecified atom stereocenters. The van der Waals surface area contributed by atoms with Crippen LogP contribution < -0.4 is 5.32 Å². The Morgan fingerprint density at radius 1 is 1.35 bits per heavy atom. The van der Waals surface area contributed by atoms with Crippen LogP contribution in [0, 0.1) is 12.8 Å². The first-order valence-electron chi connectivity index (χ1n) is 6.46. The first-order chi connectivity index (χ1) is 9.22. The summed E-state index contributed by atoms with van der Waals surface area (Å²) in [5.41, 5.74) is 1.32. The van der Waals surface area contributed by atoms with Crippen molar-refractivity contribution in [3.05, 3.63) is 35.9 Å². The molecule has 0 aromatic heterocycles. The summed E-state index contributed by atoms with van der Waals surface area (Å²) in [7, 11) is -3.40. The second kappa shape index (κ2) is 9.70. The predicted molar refractivity (Wildman–Crippen MR) is 80.7 cm³/mol. The van der Waals surface area contributed by atoms with Crippen molar-refractivity contribution >= 4 is 13.5 Å². The minimum absolute atomic E-state index is 0.0583. The molecule has 5 nitrogen and oxygen atoms in total. The Bertz CT molecular complexity index is 428. The monoisotopic (exact) mass is 301 g/mol. The third-order valence-corrected chi connectivity index (χ3v) is 2.86. The van der Waals surface area contributed by atoms with Gasteiger partial charge in [-0.15, -0.1) is 0 Å². The number of benzene rings is 1. The summed E-state index contributed by atoms with van der Waals surface area (Å²) < 4.78 is 15.2. The lowest BCUT2D eigenvalue weighted by Crippen LogP contribution is -2.30. The van der Waals surface area contributed by atoms with Crippen molar-refractivity contribution in [2.24, 2.45) is 5.92 Å². The van der Waals surface area contributed by atoms with E-state index in [9.17, 15) is 9.36 Å². The van der Waals surface area contributed by atoms with Crippen LogP contribution >= 0.6 is 7.60 Å². The molecule has 0 saturated heterocycles. The number of carbonyl (C=O) groups is 1. The third kappa shape index (κ3) is 11.9. The molecule has 0 spiro atoms. The molecule has 1 amide bonds. The highest BCUT2D eigenvalue weighted by molar-refractivity contribution is 7.51. The second-order valence-corrected chi connectivity index (χ2v) is 6.60. The topological polar surface area (TPSA) is 75.6 Å². The highest BCUT2D eigenvalue weighted by Crippen LogP contribution is 2.35. The summed E-state index contributed by atoms with van der Waals surface area (Å²) in [6.45, 7) is 7.05.